The number of fused-ring (bicyclic) bond motifs is 2. The molecule has 0 radical (unpaired) electrons. The molecule has 94 valence electrons. The quantitative estimate of drug-likeness (QED) is 0.921. The van der Waals surface area contributed by atoms with Crippen molar-refractivity contribution in [3.05, 3.63) is 20.8 Å². The van der Waals surface area contributed by atoms with Crippen molar-refractivity contribution in [3.63, 3.8) is 0 Å². The minimum Gasteiger partial charge on any atom is -0.375 e. The number of thiophene rings is 1. The van der Waals surface area contributed by atoms with Gasteiger partial charge in [0.05, 0.1) is 12.2 Å². The van der Waals surface area contributed by atoms with E-state index < -0.39 is 0 Å². The van der Waals surface area contributed by atoms with E-state index >= 15 is 0 Å². The maximum Gasteiger partial charge on any atom is 0.0623 e. The van der Waals surface area contributed by atoms with Gasteiger partial charge >= 0.3 is 0 Å². The molecule has 2 bridgehead atoms. The fourth-order valence-electron chi connectivity index (χ4n) is 3.25. The summed E-state index contributed by atoms with van der Waals surface area (Å²) in [7, 11) is 2.08. The zero-order chi connectivity index (χ0) is 11.8. The van der Waals surface area contributed by atoms with Crippen LogP contribution in [0, 0.1) is 5.92 Å². The van der Waals surface area contributed by atoms with E-state index in [4.69, 9.17) is 4.74 Å². The molecule has 17 heavy (non-hydrogen) atoms. The molecule has 1 N–H and O–H groups in total. The van der Waals surface area contributed by atoms with E-state index in [2.05, 4.69) is 39.7 Å². The molecule has 0 aliphatic carbocycles. The third-order valence-corrected chi connectivity index (χ3v) is 5.80. The van der Waals surface area contributed by atoms with Crippen LogP contribution in [-0.2, 0) is 11.2 Å². The first-order valence-electron chi connectivity index (χ1n) is 6.32. The lowest BCUT2D eigenvalue weighted by Gasteiger charge is -2.27. The second kappa shape index (κ2) is 5.00. The summed E-state index contributed by atoms with van der Waals surface area (Å²) in [6.07, 6.45) is 5.99. The maximum absolute atomic E-state index is 5.96. The molecule has 2 aliphatic rings. The molecule has 2 saturated heterocycles. The van der Waals surface area contributed by atoms with Gasteiger partial charge in [0, 0.05) is 26.7 Å². The van der Waals surface area contributed by atoms with Gasteiger partial charge in [-0.05, 0) is 54.7 Å². The minimum atomic E-state index is 0.515. The van der Waals surface area contributed by atoms with Gasteiger partial charge in [-0.15, -0.1) is 11.3 Å². The van der Waals surface area contributed by atoms with Gasteiger partial charge in [-0.25, -0.2) is 0 Å². The topological polar surface area (TPSA) is 21.3 Å². The van der Waals surface area contributed by atoms with Crippen molar-refractivity contribution in [2.75, 3.05) is 7.05 Å². The van der Waals surface area contributed by atoms with Gasteiger partial charge in [0.1, 0.15) is 0 Å². The van der Waals surface area contributed by atoms with Gasteiger partial charge < -0.3 is 10.1 Å². The number of hydrogen-bond acceptors (Lipinski definition) is 3. The van der Waals surface area contributed by atoms with E-state index in [9.17, 15) is 0 Å². The molecule has 0 aromatic carbocycles. The third kappa shape index (κ3) is 2.46. The Balaban J connectivity index is 1.67. The summed E-state index contributed by atoms with van der Waals surface area (Å²) < 4.78 is 7.17. The molecule has 4 heteroatoms. The van der Waals surface area contributed by atoms with Crippen molar-refractivity contribution >= 4 is 27.3 Å². The first-order chi connectivity index (χ1) is 8.26. The Kier molecular flexibility index (Phi) is 3.57. The van der Waals surface area contributed by atoms with Crippen molar-refractivity contribution < 1.29 is 4.74 Å². The van der Waals surface area contributed by atoms with Gasteiger partial charge in [-0.2, -0.15) is 0 Å². The van der Waals surface area contributed by atoms with Gasteiger partial charge in [-0.3, -0.25) is 0 Å². The lowest BCUT2D eigenvalue weighted by Crippen LogP contribution is -2.40. The summed E-state index contributed by atoms with van der Waals surface area (Å²) in [5.41, 5.74) is 0. The molecule has 2 fully saturated rings. The zero-order valence-electron chi connectivity index (χ0n) is 9.99. The summed E-state index contributed by atoms with van der Waals surface area (Å²) in [6, 6.07) is 2.80. The predicted molar refractivity (Wildman–Crippen MR) is 74.6 cm³/mol. The van der Waals surface area contributed by atoms with Crippen LogP contribution in [0.5, 0.6) is 0 Å². The largest absolute Gasteiger partial charge is 0.375 e. The Morgan fingerprint density at radius 2 is 2.47 bits per heavy atom. The molecule has 0 saturated carbocycles. The lowest BCUT2D eigenvalue weighted by atomic mass is 9.82. The van der Waals surface area contributed by atoms with Crippen LogP contribution in [0.2, 0.25) is 0 Å². The predicted octanol–water partition coefficient (Wildman–Crippen LogP) is 3.21. The fourth-order valence-corrected chi connectivity index (χ4v) is 4.76. The highest BCUT2D eigenvalue weighted by Gasteiger charge is 2.43. The Hall–Kier alpha value is 0.1000. The van der Waals surface area contributed by atoms with Crippen molar-refractivity contribution in [1.82, 2.24) is 5.32 Å². The van der Waals surface area contributed by atoms with Gasteiger partial charge in [0.15, 0.2) is 0 Å². The molecule has 3 heterocycles. The third-order valence-electron chi connectivity index (χ3n) is 4.08. The molecule has 2 aliphatic heterocycles. The number of halogens is 1. The number of likely N-dealkylation sites (N-methyl/N-ethyl adjacent to an activating group) is 1. The average Bonchev–Trinajstić information content (AvgIpc) is 3.01. The van der Waals surface area contributed by atoms with Crippen LogP contribution in [0.25, 0.3) is 0 Å². The second-order valence-electron chi connectivity index (χ2n) is 5.10. The van der Waals surface area contributed by atoms with Gasteiger partial charge in [0.2, 0.25) is 0 Å². The second-order valence-corrected chi connectivity index (χ2v) is 7.02. The molecule has 2 nitrogen and oxygen atoms in total. The SMILES string of the molecule is CNC(Cc1cc(Br)cs1)C1CC2CCC1O2. The van der Waals surface area contributed by atoms with E-state index in [-0.39, 0.29) is 0 Å². The van der Waals surface area contributed by atoms with Gasteiger partial charge in [0.25, 0.3) is 0 Å². The van der Waals surface area contributed by atoms with Crippen molar-refractivity contribution in [2.24, 2.45) is 5.92 Å². The van der Waals surface area contributed by atoms with Gasteiger partial charge in [-0.1, -0.05) is 0 Å². The average molecular weight is 316 g/mol. The lowest BCUT2D eigenvalue weighted by molar-refractivity contribution is 0.0864. The Morgan fingerprint density at radius 1 is 1.59 bits per heavy atom. The first kappa shape index (κ1) is 12.2. The van der Waals surface area contributed by atoms with E-state index in [1.807, 2.05) is 11.3 Å². The summed E-state index contributed by atoms with van der Waals surface area (Å²) in [6.45, 7) is 0. The van der Waals surface area contributed by atoms with E-state index in [0.29, 0.717) is 24.2 Å². The minimum absolute atomic E-state index is 0.515. The zero-order valence-corrected chi connectivity index (χ0v) is 12.4. The molecule has 4 atom stereocenters. The summed E-state index contributed by atoms with van der Waals surface area (Å²) in [5, 5.41) is 5.66. The van der Waals surface area contributed by atoms with E-state index in [1.165, 1.54) is 28.6 Å². The Morgan fingerprint density at radius 3 is 3.00 bits per heavy atom. The standard InChI is InChI=1S/C13H18BrNOS/c1-15-12(6-10-4-8(14)7-17-10)11-5-9-2-3-13(11)16-9/h4,7,9,11-13,15H,2-3,5-6H2,1H3. The summed E-state index contributed by atoms with van der Waals surface area (Å²) in [5.74, 6) is 0.708. The smallest absolute Gasteiger partial charge is 0.0623 e. The normalized spacial score (nSPS) is 33.2. The number of rotatable bonds is 4. The van der Waals surface area contributed by atoms with Crippen molar-refractivity contribution in [3.8, 4) is 0 Å². The molecule has 1 aromatic rings. The molecular weight excluding hydrogens is 298 g/mol. The van der Waals surface area contributed by atoms with Crippen LogP contribution >= 0.6 is 27.3 Å². The highest BCUT2D eigenvalue weighted by Crippen LogP contribution is 2.41. The molecule has 0 spiro atoms. The van der Waals surface area contributed by atoms with Crippen LogP contribution in [-0.4, -0.2) is 25.3 Å². The van der Waals surface area contributed by atoms with E-state index in [1.54, 1.807) is 0 Å². The molecular formula is C13H18BrNOS. The van der Waals surface area contributed by atoms with Crippen LogP contribution in [0.1, 0.15) is 24.1 Å². The number of ether oxygens (including phenoxy) is 1. The van der Waals surface area contributed by atoms with Crippen molar-refractivity contribution in [2.45, 2.75) is 43.9 Å². The van der Waals surface area contributed by atoms with Crippen LogP contribution in [0.15, 0.2) is 15.9 Å². The molecule has 3 rings (SSSR count). The van der Waals surface area contributed by atoms with Crippen molar-refractivity contribution in [1.29, 1.82) is 0 Å². The monoisotopic (exact) mass is 315 g/mol. The maximum atomic E-state index is 5.96. The number of nitrogens with one attached hydrogen (secondary N) is 1. The Bertz CT molecular complexity index is 395. The molecule has 1 aromatic heterocycles. The number of hydrogen-bond donors (Lipinski definition) is 1. The van der Waals surface area contributed by atoms with Crippen LogP contribution in [0.3, 0.4) is 0 Å². The summed E-state index contributed by atoms with van der Waals surface area (Å²) in [4.78, 5) is 1.46. The highest BCUT2D eigenvalue weighted by molar-refractivity contribution is 9.10. The van der Waals surface area contributed by atoms with E-state index in [0.717, 1.165) is 6.42 Å². The summed E-state index contributed by atoms with van der Waals surface area (Å²) >= 11 is 5.37. The van der Waals surface area contributed by atoms with Crippen LogP contribution < -0.4 is 5.32 Å². The first-order valence-corrected chi connectivity index (χ1v) is 7.99. The van der Waals surface area contributed by atoms with Crippen LogP contribution in [0.4, 0.5) is 0 Å². The molecule has 0 amide bonds. The Labute approximate surface area is 115 Å². The highest BCUT2D eigenvalue weighted by atomic mass is 79.9. The molecule has 4 unspecified atom stereocenters. The fraction of sp³-hybridized carbons (Fsp3) is 0.692.